The lowest BCUT2D eigenvalue weighted by molar-refractivity contribution is -0.141. The average molecular weight is 185 g/mol. The van der Waals surface area contributed by atoms with Gasteiger partial charge in [0.1, 0.15) is 0 Å². The van der Waals surface area contributed by atoms with Crippen LogP contribution in [0.1, 0.15) is 26.2 Å². The highest BCUT2D eigenvalue weighted by molar-refractivity contribution is 5.65. The number of nitrogens with zero attached hydrogens (tertiary/aromatic N) is 1. The molecule has 0 amide bonds. The molecule has 0 radical (unpaired) electrons. The molecule has 1 rings (SSSR count). The Labute approximate surface area is 80.1 Å². The van der Waals surface area contributed by atoms with E-state index < -0.39 is 0 Å². The van der Waals surface area contributed by atoms with E-state index in [1.54, 1.807) is 0 Å². The second-order valence-corrected chi connectivity index (χ2v) is 3.88. The van der Waals surface area contributed by atoms with Crippen LogP contribution in [0.4, 0.5) is 0 Å². The van der Waals surface area contributed by atoms with E-state index in [1.165, 1.54) is 32.9 Å². The number of piperidine rings is 1. The Bertz CT molecular complexity index is 162. The first kappa shape index (κ1) is 10.5. The first-order valence-electron chi connectivity index (χ1n) is 5.00. The third-order valence-corrected chi connectivity index (χ3v) is 2.67. The maximum Gasteiger partial charge on any atom is 0.302 e. The fraction of sp³-hybridized carbons (Fsp3) is 0.900. The molecule has 1 saturated heterocycles. The third-order valence-electron chi connectivity index (χ3n) is 2.67. The van der Waals surface area contributed by atoms with Crippen molar-refractivity contribution in [2.45, 2.75) is 26.2 Å². The molecular formula is C10H19NO2. The summed E-state index contributed by atoms with van der Waals surface area (Å²) < 4.78 is 4.92. The van der Waals surface area contributed by atoms with Crippen LogP contribution in [0.5, 0.6) is 0 Å². The van der Waals surface area contributed by atoms with Gasteiger partial charge in [-0.05, 0) is 45.3 Å². The molecule has 3 nitrogen and oxygen atoms in total. The first-order valence-corrected chi connectivity index (χ1v) is 5.00. The SMILES string of the molecule is CC(=O)OCCC1CCN(C)CC1. The minimum atomic E-state index is -0.159. The van der Waals surface area contributed by atoms with Gasteiger partial charge in [0.2, 0.25) is 0 Å². The fourth-order valence-electron chi connectivity index (χ4n) is 1.72. The van der Waals surface area contributed by atoms with Crippen LogP contribution >= 0.6 is 0 Å². The Morgan fingerprint density at radius 2 is 2.08 bits per heavy atom. The van der Waals surface area contributed by atoms with Crippen molar-refractivity contribution in [2.75, 3.05) is 26.7 Å². The molecule has 0 aromatic rings. The number of hydrogen-bond donors (Lipinski definition) is 0. The van der Waals surface area contributed by atoms with Gasteiger partial charge in [-0.25, -0.2) is 0 Å². The van der Waals surface area contributed by atoms with Crippen LogP contribution in [-0.4, -0.2) is 37.6 Å². The molecule has 1 heterocycles. The molecule has 0 aliphatic carbocycles. The average Bonchev–Trinajstić information content (AvgIpc) is 2.08. The second kappa shape index (κ2) is 5.22. The van der Waals surface area contributed by atoms with Crippen molar-refractivity contribution in [3.8, 4) is 0 Å². The molecule has 1 aliphatic rings. The van der Waals surface area contributed by atoms with Gasteiger partial charge in [-0.2, -0.15) is 0 Å². The molecule has 0 unspecified atom stereocenters. The van der Waals surface area contributed by atoms with E-state index in [0.29, 0.717) is 6.61 Å². The summed E-state index contributed by atoms with van der Waals surface area (Å²) in [5.41, 5.74) is 0. The van der Waals surface area contributed by atoms with Crippen molar-refractivity contribution in [3.63, 3.8) is 0 Å². The zero-order valence-corrected chi connectivity index (χ0v) is 8.58. The maximum absolute atomic E-state index is 10.5. The molecule has 13 heavy (non-hydrogen) atoms. The quantitative estimate of drug-likeness (QED) is 0.620. The van der Waals surface area contributed by atoms with Gasteiger partial charge in [0.05, 0.1) is 6.61 Å². The van der Waals surface area contributed by atoms with E-state index in [9.17, 15) is 4.79 Å². The Morgan fingerprint density at radius 1 is 1.46 bits per heavy atom. The van der Waals surface area contributed by atoms with Crippen molar-refractivity contribution in [1.29, 1.82) is 0 Å². The summed E-state index contributed by atoms with van der Waals surface area (Å²) in [6.45, 7) is 4.44. The van der Waals surface area contributed by atoms with Gasteiger partial charge in [0, 0.05) is 6.92 Å². The lowest BCUT2D eigenvalue weighted by Crippen LogP contribution is -2.30. The first-order chi connectivity index (χ1) is 6.18. The van der Waals surface area contributed by atoms with Gasteiger partial charge in [0.25, 0.3) is 0 Å². The van der Waals surface area contributed by atoms with Gasteiger partial charge >= 0.3 is 5.97 Å². The maximum atomic E-state index is 10.5. The highest BCUT2D eigenvalue weighted by Gasteiger charge is 2.16. The third kappa shape index (κ3) is 4.27. The van der Waals surface area contributed by atoms with Gasteiger partial charge in [-0.1, -0.05) is 0 Å². The Balaban J connectivity index is 2.05. The number of esters is 1. The van der Waals surface area contributed by atoms with Gasteiger partial charge in [-0.15, -0.1) is 0 Å². The molecule has 76 valence electrons. The number of hydrogen-bond acceptors (Lipinski definition) is 3. The Hall–Kier alpha value is -0.570. The molecule has 0 saturated carbocycles. The molecule has 1 aliphatic heterocycles. The van der Waals surface area contributed by atoms with E-state index in [2.05, 4.69) is 11.9 Å². The van der Waals surface area contributed by atoms with Crippen LogP contribution in [0.3, 0.4) is 0 Å². The van der Waals surface area contributed by atoms with Crippen LogP contribution in [0, 0.1) is 5.92 Å². The summed E-state index contributed by atoms with van der Waals surface area (Å²) in [4.78, 5) is 12.9. The number of likely N-dealkylation sites (tertiary alicyclic amines) is 1. The minimum absolute atomic E-state index is 0.159. The number of rotatable bonds is 3. The van der Waals surface area contributed by atoms with Crippen molar-refractivity contribution >= 4 is 5.97 Å². The Morgan fingerprint density at radius 3 is 2.62 bits per heavy atom. The van der Waals surface area contributed by atoms with Crippen LogP contribution < -0.4 is 0 Å². The van der Waals surface area contributed by atoms with E-state index >= 15 is 0 Å². The zero-order valence-electron chi connectivity index (χ0n) is 8.58. The molecule has 0 atom stereocenters. The van der Waals surface area contributed by atoms with Crippen molar-refractivity contribution in [2.24, 2.45) is 5.92 Å². The molecular weight excluding hydrogens is 166 g/mol. The second-order valence-electron chi connectivity index (χ2n) is 3.88. The molecule has 0 N–H and O–H groups in total. The number of carbonyl (C=O) groups is 1. The molecule has 0 aromatic heterocycles. The number of carbonyl (C=O) groups excluding carboxylic acids is 1. The summed E-state index contributed by atoms with van der Waals surface area (Å²) in [7, 11) is 2.16. The van der Waals surface area contributed by atoms with Gasteiger partial charge in [0.15, 0.2) is 0 Å². The van der Waals surface area contributed by atoms with Crippen molar-refractivity contribution in [1.82, 2.24) is 4.90 Å². The highest BCUT2D eigenvalue weighted by atomic mass is 16.5. The Kier molecular flexibility index (Phi) is 4.22. The lowest BCUT2D eigenvalue weighted by Gasteiger charge is -2.28. The van der Waals surface area contributed by atoms with E-state index in [-0.39, 0.29) is 5.97 Å². The highest BCUT2D eigenvalue weighted by Crippen LogP contribution is 2.19. The molecule has 0 bridgehead atoms. The summed E-state index contributed by atoms with van der Waals surface area (Å²) in [6, 6.07) is 0. The smallest absolute Gasteiger partial charge is 0.302 e. The van der Waals surface area contributed by atoms with Crippen LogP contribution in [0.25, 0.3) is 0 Å². The fourth-order valence-corrected chi connectivity index (χ4v) is 1.72. The molecule has 3 heteroatoms. The molecule has 0 aromatic carbocycles. The monoisotopic (exact) mass is 185 g/mol. The van der Waals surface area contributed by atoms with Crippen LogP contribution in [0.2, 0.25) is 0 Å². The number of ether oxygens (including phenoxy) is 1. The van der Waals surface area contributed by atoms with E-state index in [4.69, 9.17) is 4.74 Å². The largest absolute Gasteiger partial charge is 0.466 e. The van der Waals surface area contributed by atoms with Crippen molar-refractivity contribution in [3.05, 3.63) is 0 Å². The minimum Gasteiger partial charge on any atom is -0.466 e. The molecule has 0 spiro atoms. The van der Waals surface area contributed by atoms with Crippen LogP contribution in [0.15, 0.2) is 0 Å². The lowest BCUT2D eigenvalue weighted by atomic mass is 9.94. The normalized spacial score (nSPS) is 20.2. The van der Waals surface area contributed by atoms with Crippen LogP contribution in [-0.2, 0) is 9.53 Å². The standard InChI is InChI=1S/C10H19NO2/c1-9(12)13-8-5-10-3-6-11(2)7-4-10/h10H,3-8H2,1-2H3. The van der Waals surface area contributed by atoms with Gasteiger partial charge < -0.3 is 9.64 Å². The predicted molar refractivity (Wildman–Crippen MR) is 51.5 cm³/mol. The van der Waals surface area contributed by atoms with Gasteiger partial charge in [-0.3, -0.25) is 4.79 Å². The topological polar surface area (TPSA) is 29.5 Å². The summed E-state index contributed by atoms with van der Waals surface area (Å²) >= 11 is 0. The van der Waals surface area contributed by atoms with E-state index in [0.717, 1.165) is 12.3 Å². The summed E-state index contributed by atoms with van der Waals surface area (Å²) in [6.07, 6.45) is 3.53. The summed E-state index contributed by atoms with van der Waals surface area (Å²) in [5, 5.41) is 0. The zero-order chi connectivity index (χ0) is 9.68. The van der Waals surface area contributed by atoms with Crippen molar-refractivity contribution < 1.29 is 9.53 Å². The van der Waals surface area contributed by atoms with E-state index in [1.807, 2.05) is 0 Å². The predicted octanol–water partition coefficient (Wildman–Crippen LogP) is 1.28. The summed E-state index contributed by atoms with van der Waals surface area (Å²) in [5.74, 6) is 0.600. The molecule has 1 fully saturated rings.